The van der Waals surface area contributed by atoms with Gasteiger partial charge in [0.1, 0.15) is 11.0 Å². The third-order valence-electron chi connectivity index (χ3n) is 4.69. The summed E-state index contributed by atoms with van der Waals surface area (Å²) in [6, 6.07) is 7.65. The van der Waals surface area contributed by atoms with Crippen molar-refractivity contribution in [1.82, 2.24) is 15.1 Å². The van der Waals surface area contributed by atoms with Gasteiger partial charge in [0.05, 0.1) is 0 Å². The Balaban J connectivity index is 1.45. The third kappa shape index (κ3) is 3.42. The van der Waals surface area contributed by atoms with Gasteiger partial charge in [-0.25, -0.2) is 0 Å². The van der Waals surface area contributed by atoms with Gasteiger partial charge < -0.3 is 4.90 Å². The Morgan fingerprint density at radius 1 is 1.24 bits per heavy atom. The molecule has 2 heterocycles. The normalized spacial score (nSPS) is 19.9. The van der Waals surface area contributed by atoms with Crippen LogP contribution in [0.1, 0.15) is 31.2 Å². The van der Waals surface area contributed by atoms with E-state index in [-0.39, 0.29) is 23.8 Å². The van der Waals surface area contributed by atoms with Gasteiger partial charge >= 0.3 is 0 Å². The monoisotopic (exact) mass is 356 g/mol. The van der Waals surface area contributed by atoms with Crippen molar-refractivity contribution in [3.05, 3.63) is 29.8 Å². The van der Waals surface area contributed by atoms with Crippen LogP contribution in [0.15, 0.2) is 24.3 Å². The number of benzene rings is 1. The second-order valence-electron chi connectivity index (χ2n) is 6.74. The molecule has 25 heavy (non-hydrogen) atoms. The average molecular weight is 356 g/mol. The molecule has 1 aromatic carbocycles. The van der Waals surface area contributed by atoms with Crippen LogP contribution in [0.4, 0.5) is 5.13 Å². The first-order valence-corrected chi connectivity index (χ1v) is 9.45. The number of hydrogen-bond donors (Lipinski definition) is 1. The number of nitrogens with zero attached hydrogens (tertiary/aromatic N) is 3. The lowest BCUT2D eigenvalue weighted by molar-refractivity contribution is -0.137. The molecule has 0 radical (unpaired) electrons. The van der Waals surface area contributed by atoms with Crippen LogP contribution in [0.25, 0.3) is 10.6 Å². The summed E-state index contributed by atoms with van der Waals surface area (Å²) >= 11 is 1.35. The molecule has 2 amide bonds. The SMILES string of the molecule is Cc1cccc(-c2nnc(NC(=O)[C@@H]3CCCN3C(=O)C3CC3)s2)c1. The van der Waals surface area contributed by atoms with Crippen LogP contribution >= 0.6 is 11.3 Å². The fraction of sp³-hybridized carbons (Fsp3) is 0.444. The Kier molecular flexibility index (Phi) is 4.25. The van der Waals surface area contributed by atoms with E-state index in [0.717, 1.165) is 35.4 Å². The molecule has 7 heteroatoms. The van der Waals surface area contributed by atoms with E-state index in [9.17, 15) is 9.59 Å². The van der Waals surface area contributed by atoms with Crippen molar-refractivity contribution < 1.29 is 9.59 Å². The second kappa shape index (κ2) is 6.55. The number of carbonyl (C=O) groups is 2. The van der Waals surface area contributed by atoms with E-state index < -0.39 is 0 Å². The maximum absolute atomic E-state index is 12.6. The fourth-order valence-corrected chi connectivity index (χ4v) is 3.97. The van der Waals surface area contributed by atoms with Crippen molar-refractivity contribution in [3.63, 3.8) is 0 Å². The van der Waals surface area contributed by atoms with Crippen molar-refractivity contribution in [3.8, 4) is 10.6 Å². The van der Waals surface area contributed by atoms with Crippen LogP contribution in [-0.4, -0.2) is 39.5 Å². The minimum absolute atomic E-state index is 0.135. The topological polar surface area (TPSA) is 75.2 Å². The minimum Gasteiger partial charge on any atom is -0.330 e. The summed E-state index contributed by atoms with van der Waals surface area (Å²) in [6.45, 7) is 2.71. The van der Waals surface area contributed by atoms with E-state index in [1.807, 2.05) is 31.2 Å². The Hall–Kier alpha value is -2.28. The highest BCUT2D eigenvalue weighted by molar-refractivity contribution is 7.18. The molecule has 0 bridgehead atoms. The third-order valence-corrected chi connectivity index (χ3v) is 5.57. The quantitative estimate of drug-likeness (QED) is 0.914. The van der Waals surface area contributed by atoms with Crippen molar-refractivity contribution >= 4 is 28.3 Å². The lowest BCUT2D eigenvalue weighted by atomic mass is 10.1. The molecule has 1 aromatic heterocycles. The van der Waals surface area contributed by atoms with Gasteiger partial charge in [0, 0.05) is 18.0 Å². The predicted octanol–water partition coefficient (Wildman–Crippen LogP) is 2.85. The molecule has 130 valence electrons. The van der Waals surface area contributed by atoms with Gasteiger partial charge in [-0.05, 0) is 38.7 Å². The first-order chi connectivity index (χ1) is 12.1. The summed E-state index contributed by atoms with van der Waals surface area (Å²) in [5, 5.41) is 12.4. The first-order valence-electron chi connectivity index (χ1n) is 8.64. The summed E-state index contributed by atoms with van der Waals surface area (Å²) in [6.07, 6.45) is 3.51. The van der Waals surface area contributed by atoms with Gasteiger partial charge in [-0.1, -0.05) is 35.1 Å². The maximum Gasteiger partial charge on any atom is 0.249 e. The molecule has 1 atom stereocenters. The minimum atomic E-state index is -0.376. The Labute approximate surface area is 150 Å². The molecule has 2 fully saturated rings. The molecule has 2 aromatic rings. The number of aryl methyl sites for hydroxylation is 1. The van der Waals surface area contributed by atoms with Gasteiger partial charge in [-0.3, -0.25) is 14.9 Å². The molecule has 1 aliphatic heterocycles. The van der Waals surface area contributed by atoms with E-state index in [1.54, 1.807) is 4.90 Å². The number of aromatic nitrogens is 2. The fourth-order valence-electron chi connectivity index (χ4n) is 3.23. The summed E-state index contributed by atoms with van der Waals surface area (Å²) in [4.78, 5) is 26.7. The van der Waals surface area contributed by atoms with Crippen LogP contribution < -0.4 is 5.32 Å². The number of anilines is 1. The first kappa shape index (κ1) is 16.2. The highest BCUT2D eigenvalue weighted by atomic mass is 32.1. The molecular weight excluding hydrogens is 336 g/mol. The highest BCUT2D eigenvalue weighted by Crippen LogP contribution is 2.34. The number of likely N-dealkylation sites (tertiary alicyclic amines) is 1. The van der Waals surface area contributed by atoms with Crippen molar-refractivity contribution in [2.24, 2.45) is 5.92 Å². The van der Waals surface area contributed by atoms with Gasteiger partial charge in [-0.2, -0.15) is 0 Å². The number of hydrogen-bond acceptors (Lipinski definition) is 5. The highest BCUT2D eigenvalue weighted by Gasteiger charge is 2.41. The van der Waals surface area contributed by atoms with Crippen LogP contribution in [0, 0.1) is 12.8 Å². The van der Waals surface area contributed by atoms with Crippen LogP contribution in [0.3, 0.4) is 0 Å². The molecule has 1 aliphatic carbocycles. The van der Waals surface area contributed by atoms with Gasteiger partial charge in [-0.15, -0.1) is 10.2 Å². The van der Waals surface area contributed by atoms with E-state index in [2.05, 4.69) is 15.5 Å². The molecule has 4 rings (SSSR count). The summed E-state index contributed by atoms with van der Waals surface area (Å²) < 4.78 is 0. The molecule has 0 spiro atoms. The predicted molar refractivity (Wildman–Crippen MR) is 96.2 cm³/mol. The molecular formula is C18H20N4O2S. The van der Waals surface area contributed by atoms with Crippen molar-refractivity contribution in [2.45, 2.75) is 38.6 Å². The Morgan fingerprint density at radius 2 is 2.08 bits per heavy atom. The van der Waals surface area contributed by atoms with E-state index in [0.29, 0.717) is 18.1 Å². The Bertz CT molecular complexity index is 815. The average Bonchev–Trinajstić information content (AvgIpc) is 3.15. The second-order valence-corrected chi connectivity index (χ2v) is 7.71. The standard InChI is InChI=1S/C18H20N4O2S/c1-11-4-2-5-13(10-11)16-20-21-18(25-16)19-15(23)14-6-3-9-22(14)17(24)12-7-8-12/h2,4-5,10,12,14H,3,6-9H2,1H3,(H,19,21,23)/t14-/m0/s1. The van der Waals surface area contributed by atoms with E-state index in [1.165, 1.54) is 11.3 Å². The van der Waals surface area contributed by atoms with Gasteiger partial charge in [0.2, 0.25) is 16.9 Å². The smallest absolute Gasteiger partial charge is 0.249 e. The van der Waals surface area contributed by atoms with E-state index in [4.69, 9.17) is 0 Å². The summed E-state index contributed by atoms with van der Waals surface area (Å²) in [7, 11) is 0. The molecule has 1 N–H and O–H groups in total. The largest absolute Gasteiger partial charge is 0.330 e. The van der Waals surface area contributed by atoms with E-state index >= 15 is 0 Å². The number of nitrogens with one attached hydrogen (secondary N) is 1. The molecule has 6 nitrogen and oxygen atoms in total. The lowest BCUT2D eigenvalue weighted by Crippen LogP contribution is -2.43. The summed E-state index contributed by atoms with van der Waals surface area (Å²) in [5.74, 6) is 0.122. The molecule has 2 aliphatic rings. The zero-order chi connectivity index (χ0) is 17.4. The lowest BCUT2D eigenvalue weighted by Gasteiger charge is -2.23. The van der Waals surface area contributed by atoms with Crippen LogP contribution in [-0.2, 0) is 9.59 Å². The Morgan fingerprint density at radius 3 is 2.84 bits per heavy atom. The van der Waals surface area contributed by atoms with Crippen molar-refractivity contribution in [1.29, 1.82) is 0 Å². The summed E-state index contributed by atoms with van der Waals surface area (Å²) in [5.41, 5.74) is 2.14. The number of amides is 2. The molecule has 1 saturated heterocycles. The zero-order valence-corrected chi connectivity index (χ0v) is 14.9. The number of rotatable bonds is 4. The van der Waals surface area contributed by atoms with Crippen molar-refractivity contribution in [2.75, 3.05) is 11.9 Å². The van der Waals surface area contributed by atoms with Gasteiger partial charge in [0.25, 0.3) is 0 Å². The maximum atomic E-state index is 12.6. The molecule has 1 saturated carbocycles. The molecule has 0 unspecified atom stereocenters. The van der Waals surface area contributed by atoms with Gasteiger partial charge in [0.15, 0.2) is 0 Å². The zero-order valence-electron chi connectivity index (χ0n) is 14.1. The van der Waals surface area contributed by atoms with Crippen LogP contribution in [0.2, 0.25) is 0 Å². The number of carbonyl (C=O) groups excluding carboxylic acids is 2. The van der Waals surface area contributed by atoms with Crippen LogP contribution in [0.5, 0.6) is 0 Å².